The first-order valence-electron chi connectivity index (χ1n) is 4.52. The van der Waals surface area contributed by atoms with Crippen LogP contribution in [0.15, 0.2) is 0 Å². The van der Waals surface area contributed by atoms with Crippen LogP contribution >= 0.6 is 0 Å². The van der Waals surface area contributed by atoms with Crippen LogP contribution in [0.1, 0.15) is 19.8 Å². The van der Waals surface area contributed by atoms with Gasteiger partial charge in [-0.05, 0) is 19.8 Å². The van der Waals surface area contributed by atoms with E-state index in [4.69, 9.17) is 5.26 Å². The van der Waals surface area contributed by atoms with Crippen LogP contribution in [-0.2, 0) is 15.6 Å². The van der Waals surface area contributed by atoms with Gasteiger partial charge in [0.05, 0.1) is 6.07 Å². The number of hydrogen-bond donors (Lipinski definition) is 1. The number of nitriles is 1. The molecule has 1 fully saturated rings. The molecule has 1 aliphatic rings. The molecule has 14 heavy (non-hydrogen) atoms. The second kappa shape index (κ2) is 4.09. The van der Waals surface area contributed by atoms with Crippen molar-refractivity contribution in [2.75, 3.05) is 12.0 Å². The molecule has 4 nitrogen and oxygen atoms in total. The Morgan fingerprint density at radius 3 is 2.64 bits per heavy atom. The quantitative estimate of drug-likeness (QED) is 0.725. The fourth-order valence-corrected chi connectivity index (χ4v) is 2.06. The maximum absolute atomic E-state index is 11.5. The first-order valence-corrected chi connectivity index (χ1v) is 6.25. The Morgan fingerprint density at radius 2 is 2.29 bits per heavy atom. The van der Waals surface area contributed by atoms with E-state index >= 15 is 0 Å². The van der Waals surface area contributed by atoms with Crippen LogP contribution in [0.4, 0.5) is 0 Å². The van der Waals surface area contributed by atoms with Gasteiger partial charge in [-0.1, -0.05) is 0 Å². The predicted molar refractivity (Wildman–Crippen MR) is 53.8 cm³/mol. The average Bonchev–Trinajstić information content (AvgIpc) is 2.82. The summed E-state index contributed by atoms with van der Waals surface area (Å²) in [7, 11) is -0.918. The number of nitrogens with one attached hydrogen (secondary N) is 1. The topological polar surface area (TPSA) is 70.0 Å². The van der Waals surface area contributed by atoms with Crippen molar-refractivity contribution >= 4 is 16.7 Å². The fraction of sp³-hybridized carbons (Fsp3) is 0.778. The van der Waals surface area contributed by atoms with Crippen LogP contribution in [0.5, 0.6) is 0 Å². The summed E-state index contributed by atoms with van der Waals surface area (Å²) in [5.74, 6) is 0.228. The molecule has 1 saturated carbocycles. The van der Waals surface area contributed by atoms with Gasteiger partial charge in [-0.15, -0.1) is 0 Å². The van der Waals surface area contributed by atoms with E-state index in [1.54, 1.807) is 13.2 Å². The second-order valence-electron chi connectivity index (χ2n) is 3.81. The molecule has 0 bridgehead atoms. The predicted octanol–water partition coefficient (Wildman–Crippen LogP) is 0.173. The summed E-state index contributed by atoms with van der Waals surface area (Å²) in [6, 6.07) is 1.90. The van der Waals surface area contributed by atoms with E-state index in [1.165, 1.54) is 0 Å². The molecule has 1 N–H and O–H groups in total. The van der Waals surface area contributed by atoms with Crippen LogP contribution in [0, 0.1) is 16.7 Å². The molecular formula is C9H14N2O2S. The molecule has 0 aliphatic heterocycles. The summed E-state index contributed by atoms with van der Waals surface area (Å²) in [5, 5.41) is 11.5. The van der Waals surface area contributed by atoms with Crippen molar-refractivity contribution in [1.82, 2.24) is 5.32 Å². The van der Waals surface area contributed by atoms with Gasteiger partial charge in [-0.3, -0.25) is 9.00 Å². The van der Waals surface area contributed by atoms with Crippen molar-refractivity contribution < 1.29 is 9.00 Å². The molecule has 0 aromatic carbocycles. The molecule has 1 rings (SSSR count). The highest BCUT2D eigenvalue weighted by atomic mass is 32.2. The van der Waals surface area contributed by atoms with Crippen LogP contribution < -0.4 is 5.32 Å². The minimum atomic E-state index is -0.918. The van der Waals surface area contributed by atoms with Gasteiger partial charge >= 0.3 is 0 Å². The number of rotatable bonds is 4. The Balaban J connectivity index is 2.42. The van der Waals surface area contributed by atoms with Gasteiger partial charge in [0.25, 0.3) is 0 Å². The molecule has 78 valence electrons. The van der Waals surface area contributed by atoms with Gasteiger partial charge in [0.1, 0.15) is 5.41 Å². The van der Waals surface area contributed by atoms with Crippen molar-refractivity contribution in [3.05, 3.63) is 0 Å². The normalized spacial score (nSPS) is 21.8. The van der Waals surface area contributed by atoms with Crippen LogP contribution in [0.3, 0.4) is 0 Å². The Kier molecular flexibility index (Phi) is 3.27. The highest BCUT2D eigenvalue weighted by Gasteiger charge is 2.50. The average molecular weight is 214 g/mol. The van der Waals surface area contributed by atoms with Gasteiger partial charge in [-0.25, -0.2) is 0 Å². The number of amides is 1. The Labute approximate surface area is 86.1 Å². The van der Waals surface area contributed by atoms with E-state index in [0.29, 0.717) is 18.6 Å². The third-order valence-corrected chi connectivity index (χ3v) is 3.23. The van der Waals surface area contributed by atoms with E-state index < -0.39 is 16.2 Å². The summed E-state index contributed by atoms with van der Waals surface area (Å²) < 4.78 is 10.9. The SMILES string of the molecule is CC(CS(C)=O)NC(=O)C1(C#N)CC1. The number of carbonyl (C=O) groups excluding carboxylic acids is 1. The summed E-state index contributed by atoms with van der Waals surface area (Å²) in [6.45, 7) is 1.80. The molecule has 0 aromatic rings. The lowest BCUT2D eigenvalue weighted by molar-refractivity contribution is -0.124. The van der Waals surface area contributed by atoms with E-state index in [0.717, 1.165) is 0 Å². The fourth-order valence-electron chi connectivity index (χ4n) is 1.27. The Bertz CT molecular complexity index is 304. The molecular weight excluding hydrogens is 200 g/mol. The van der Waals surface area contributed by atoms with Crippen molar-refractivity contribution in [2.45, 2.75) is 25.8 Å². The summed E-state index contributed by atoms with van der Waals surface area (Å²) in [4.78, 5) is 11.5. The molecule has 5 heteroatoms. The zero-order chi connectivity index (χ0) is 10.8. The number of carbonyl (C=O) groups is 1. The maximum Gasteiger partial charge on any atom is 0.240 e. The van der Waals surface area contributed by atoms with Gasteiger partial charge in [0.2, 0.25) is 5.91 Å². The molecule has 2 unspecified atom stereocenters. The molecule has 0 heterocycles. The lowest BCUT2D eigenvalue weighted by atomic mass is 10.1. The van der Waals surface area contributed by atoms with Crippen molar-refractivity contribution in [3.63, 3.8) is 0 Å². The second-order valence-corrected chi connectivity index (χ2v) is 5.29. The minimum absolute atomic E-state index is 0.126. The van der Waals surface area contributed by atoms with Gasteiger partial charge in [0.15, 0.2) is 0 Å². The third-order valence-electron chi connectivity index (χ3n) is 2.26. The molecule has 2 atom stereocenters. The Hall–Kier alpha value is -0.890. The molecule has 0 spiro atoms. The van der Waals surface area contributed by atoms with Crippen LogP contribution in [-0.4, -0.2) is 28.2 Å². The summed E-state index contributed by atoms with van der Waals surface area (Å²) in [5.41, 5.74) is -0.774. The zero-order valence-corrected chi connectivity index (χ0v) is 9.19. The number of hydrogen-bond acceptors (Lipinski definition) is 3. The lowest BCUT2D eigenvalue weighted by Gasteiger charge is -2.14. The van der Waals surface area contributed by atoms with Crippen LogP contribution in [0.25, 0.3) is 0 Å². The highest BCUT2D eigenvalue weighted by molar-refractivity contribution is 7.84. The third kappa shape index (κ3) is 2.55. The number of nitrogens with zero attached hydrogens (tertiary/aromatic N) is 1. The minimum Gasteiger partial charge on any atom is -0.351 e. The highest BCUT2D eigenvalue weighted by Crippen LogP contribution is 2.45. The molecule has 0 saturated heterocycles. The Morgan fingerprint density at radius 1 is 1.71 bits per heavy atom. The summed E-state index contributed by atoms with van der Waals surface area (Å²) in [6.07, 6.45) is 2.90. The largest absolute Gasteiger partial charge is 0.351 e. The summed E-state index contributed by atoms with van der Waals surface area (Å²) >= 11 is 0. The maximum atomic E-state index is 11.5. The molecule has 1 amide bonds. The van der Waals surface area contributed by atoms with E-state index in [9.17, 15) is 9.00 Å². The van der Waals surface area contributed by atoms with Crippen LogP contribution in [0.2, 0.25) is 0 Å². The first-order chi connectivity index (χ1) is 6.50. The smallest absolute Gasteiger partial charge is 0.240 e. The van der Waals surface area contributed by atoms with E-state index in [2.05, 4.69) is 5.32 Å². The van der Waals surface area contributed by atoms with E-state index in [1.807, 2.05) is 6.07 Å². The van der Waals surface area contributed by atoms with Gasteiger partial charge in [-0.2, -0.15) is 5.26 Å². The molecule has 0 radical (unpaired) electrons. The molecule has 0 aromatic heterocycles. The first kappa shape index (κ1) is 11.2. The standard InChI is InChI=1S/C9H14N2O2S/c1-7(5-14(2)13)11-8(12)9(6-10)3-4-9/h7H,3-5H2,1-2H3,(H,11,12). The zero-order valence-electron chi connectivity index (χ0n) is 8.37. The monoisotopic (exact) mass is 214 g/mol. The van der Waals surface area contributed by atoms with Crippen molar-refractivity contribution in [1.29, 1.82) is 5.26 Å². The lowest BCUT2D eigenvalue weighted by Crippen LogP contribution is -2.40. The van der Waals surface area contributed by atoms with Crippen molar-refractivity contribution in [2.24, 2.45) is 5.41 Å². The van der Waals surface area contributed by atoms with Gasteiger partial charge in [0, 0.05) is 28.9 Å². The van der Waals surface area contributed by atoms with Gasteiger partial charge < -0.3 is 5.32 Å². The molecule has 1 aliphatic carbocycles. The van der Waals surface area contributed by atoms with Crippen molar-refractivity contribution in [3.8, 4) is 6.07 Å². The van der Waals surface area contributed by atoms with E-state index in [-0.39, 0.29) is 11.9 Å².